The summed E-state index contributed by atoms with van der Waals surface area (Å²) in [6.45, 7) is 0. The van der Waals surface area contributed by atoms with E-state index in [4.69, 9.17) is 19.4 Å². The minimum absolute atomic E-state index is 0.570. The number of rotatable bonds is 6. The van der Waals surface area contributed by atoms with Gasteiger partial charge in [0.1, 0.15) is 11.2 Å². The first-order valence-electron chi connectivity index (χ1n) is 23.0. The summed E-state index contributed by atoms with van der Waals surface area (Å²) in [5, 5.41) is 11.4. The fourth-order valence-corrected chi connectivity index (χ4v) is 10.7. The Morgan fingerprint density at radius 2 is 0.868 bits per heavy atom. The number of fused-ring (bicyclic) bond motifs is 10. The van der Waals surface area contributed by atoms with Crippen LogP contribution in [-0.4, -0.2) is 19.5 Å². The van der Waals surface area contributed by atoms with Crippen molar-refractivity contribution >= 4 is 76.1 Å². The van der Waals surface area contributed by atoms with Crippen molar-refractivity contribution in [2.24, 2.45) is 0 Å². The van der Waals surface area contributed by atoms with Crippen LogP contribution < -0.4 is 0 Å². The van der Waals surface area contributed by atoms with Gasteiger partial charge in [0, 0.05) is 54.7 Å². The van der Waals surface area contributed by atoms with Gasteiger partial charge in [-0.2, -0.15) is 0 Å². The number of benzene rings is 11. The van der Waals surface area contributed by atoms with Crippen molar-refractivity contribution in [3.05, 3.63) is 231 Å². The van der Waals surface area contributed by atoms with Gasteiger partial charge in [-0.3, -0.25) is 0 Å². The molecule has 5 heteroatoms. The molecule has 14 rings (SSSR count). The van der Waals surface area contributed by atoms with E-state index in [0.717, 1.165) is 88.4 Å². The van der Waals surface area contributed by atoms with Crippen LogP contribution in [0.1, 0.15) is 0 Å². The van der Waals surface area contributed by atoms with Crippen molar-refractivity contribution in [1.29, 1.82) is 0 Å². The standard InChI is InChI=1S/C63H38N4O/c1-4-20-40(21-5-1)55-56(41-22-6-2-7-23-41)60(67-51-36-35-39-19-12-13-28-45(39)57(51)50-37-43-26-10-11-27-44(43)38-52(50)67)47-30-15-14-29-46(47)59(55)63-65-61(42-24-8-3-9-25-42)64-62(66-63)49-32-18-34-54-58(49)48-31-16-17-33-53(48)68-54/h1-38H. The molecule has 0 unspecified atom stereocenters. The third kappa shape index (κ3) is 5.86. The summed E-state index contributed by atoms with van der Waals surface area (Å²) >= 11 is 0. The van der Waals surface area contributed by atoms with Gasteiger partial charge >= 0.3 is 0 Å². The highest BCUT2D eigenvalue weighted by Gasteiger charge is 2.29. The van der Waals surface area contributed by atoms with Crippen LogP contribution in [0, 0.1) is 0 Å². The van der Waals surface area contributed by atoms with Gasteiger partial charge in [-0.25, -0.2) is 15.0 Å². The van der Waals surface area contributed by atoms with Crippen molar-refractivity contribution in [2.45, 2.75) is 0 Å². The summed E-state index contributed by atoms with van der Waals surface area (Å²) in [7, 11) is 0. The summed E-state index contributed by atoms with van der Waals surface area (Å²) in [5.41, 5.74) is 11.9. The van der Waals surface area contributed by atoms with Crippen LogP contribution in [0.25, 0.3) is 138 Å². The summed E-state index contributed by atoms with van der Waals surface area (Å²) in [5.74, 6) is 1.74. The summed E-state index contributed by atoms with van der Waals surface area (Å²) < 4.78 is 8.96. The summed E-state index contributed by atoms with van der Waals surface area (Å²) in [6, 6.07) is 81.8. The van der Waals surface area contributed by atoms with E-state index in [-0.39, 0.29) is 0 Å². The lowest BCUT2D eigenvalue weighted by molar-refractivity contribution is 0.669. The molecule has 0 N–H and O–H groups in total. The Morgan fingerprint density at radius 3 is 1.62 bits per heavy atom. The fraction of sp³-hybridized carbons (Fsp3) is 0. The monoisotopic (exact) mass is 866 g/mol. The molecule has 3 heterocycles. The van der Waals surface area contributed by atoms with E-state index in [1.807, 2.05) is 42.5 Å². The first-order chi connectivity index (χ1) is 33.7. The molecule has 3 aromatic heterocycles. The predicted octanol–water partition coefficient (Wildman–Crippen LogP) is 16.7. The Labute approximate surface area is 390 Å². The molecular weight excluding hydrogens is 829 g/mol. The van der Waals surface area contributed by atoms with Gasteiger partial charge in [0.2, 0.25) is 0 Å². The van der Waals surface area contributed by atoms with Crippen molar-refractivity contribution < 1.29 is 4.42 Å². The normalized spacial score (nSPS) is 11.8. The van der Waals surface area contributed by atoms with Gasteiger partial charge < -0.3 is 8.98 Å². The average Bonchev–Trinajstić information content (AvgIpc) is 3.95. The minimum Gasteiger partial charge on any atom is -0.456 e. The Bertz CT molecular complexity index is 4310. The molecule has 0 aliphatic carbocycles. The molecule has 0 aliphatic heterocycles. The Morgan fingerprint density at radius 1 is 0.309 bits per heavy atom. The van der Waals surface area contributed by atoms with Crippen LogP contribution in [0.4, 0.5) is 0 Å². The third-order valence-electron chi connectivity index (χ3n) is 13.6. The second-order valence-electron chi connectivity index (χ2n) is 17.4. The molecule has 316 valence electrons. The molecule has 14 aromatic rings. The van der Waals surface area contributed by atoms with E-state index in [9.17, 15) is 0 Å². The summed E-state index contributed by atoms with van der Waals surface area (Å²) in [4.78, 5) is 16.4. The second-order valence-corrected chi connectivity index (χ2v) is 17.4. The van der Waals surface area contributed by atoms with Crippen LogP contribution in [0.15, 0.2) is 235 Å². The van der Waals surface area contributed by atoms with E-state index in [1.54, 1.807) is 0 Å². The molecule has 68 heavy (non-hydrogen) atoms. The average molecular weight is 867 g/mol. The molecule has 0 amide bonds. The van der Waals surface area contributed by atoms with Crippen molar-refractivity contribution in [3.63, 3.8) is 0 Å². The maximum absolute atomic E-state index is 6.43. The van der Waals surface area contributed by atoms with Gasteiger partial charge in [0.15, 0.2) is 17.5 Å². The smallest absolute Gasteiger partial charge is 0.165 e. The number of hydrogen-bond donors (Lipinski definition) is 0. The van der Waals surface area contributed by atoms with Gasteiger partial charge in [-0.1, -0.05) is 200 Å². The minimum atomic E-state index is 0.570. The Kier molecular flexibility index (Phi) is 8.52. The van der Waals surface area contributed by atoms with Gasteiger partial charge in [0.05, 0.1) is 16.7 Å². The van der Waals surface area contributed by atoms with Crippen LogP contribution in [0.2, 0.25) is 0 Å². The maximum atomic E-state index is 6.43. The van der Waals surface area contributed by atoms with Gasteiger partial charge in [0.25, 0.3) is 0 Å². The molecule has 5 nitrogen and oxygen atoms in total. The lowest BCUT2D eigenvalue weighted by Gasteiger charge is -2.25. The van der Waals surface area contributed by atoms with Crippen LogP contribution in [0.5, 0.6) is 0 Å². The van der Waals surface area contributed by atoms with Crippen LogP contribution in [-0.2, 0) is 0 Å². The highest BCUT2D eigenvalue weighted by molar-refractivity contribution is 6.25. The van der Waals surface area contributed by atoms with Gasteiger partial charge in [-0.15, -0.1) is 0 Å². The van der Waals surface area contributed by atoms with E-state index in [2.05, 4.69) is 193 Å². The van der Waals surface area contributed by atoms with Crippen molar-refractivity contribution in [2.75, 3.05) is 0 Å². The number of furan rings is 1. The number of para-hydroxylation sites is 1. The number of hydrogen-bond acceptors (Lipinski definition) is 4. The molecule has 0 radical (unpaired) electrons. The lowest BCUT2D eigenvalue weighted by atomic mass is 9.84. The molecule has 0 fully saturated rings. The highest BCUT2D eigenvalue weighted by atomic mass is 16.3. The first kappa shape index (κ1) is 38.1. The van der Waals surface area contributed by atoms with E-state index >= 15 is 0 Å². The number of nitrogens with zero attached hydrogens (tertiary/aromatic N) is 4. The van der Waals surface area contributed by atoms with E-state index in [1.165, 1.54) is 32.3 Å². The third-order valence-corrected chi connectivity index (χ3v) is 13.6. The van der Waals surface area contributed by atoms with E-state index in [0.29, 0.717) is 17.5 Å². The highest BCUT2D eigenvalue weighted by Crippen LogP contribution is 2.51. The first-order valence-corrected chi connectivity index (χ1v) is 23.0. The molecule has 0 saturated carbocycles. The van der Waals surface area contributed by atoms with Gasteiger partial charge in [-0.05, 0) is 68.4 Å². The van der Waals surface area contributed by atoms with Crippen LogP contribution in [0.3, 0.4) is 0 Å². The lowest BCUT2D eigenvalue weighted by Crippen LogP contribution is -2.06. The largest absolute Gasteiger partial charge is 0.456 e. The summed E-state index contributed by atoms with van der Waals surface area (Å²) in [6.07, 6.45) is 0. The molecular formula is C63H38N4O. The molecule has 0 atom stereocenters. The molecule has 0 saturated heterocycles. The SMILES string of the molecule is c1ccc(-c2nc(-c3c(-c4ccccc4)c(-c4ccccc4)c(-n4c5cc6ccccc6cc5c5c6ccccc6ccc54)c4ccccc34)nc(-c3cccc4oc5ccccc5c34)n2)cc1. The van der Waals surface area contributed by atoms with Crippen LogP contribution >= 0.6 is 0 Å². The zero-order chi connectivity index (χ0) is 44.7. The molecule has 0 spiro atoms. The second kappa shape index (κ2) is 15.2. The Balaban J connectivity index is 1.18. The number of aromatic nitrogens is 4. The predicted molar refractivity (Wildman–Crippen MR) is 281 cm³/mol. The van der Waals surface area contributed by atoms with E-state index < -0.39 is 0 Å². The zero-order valence-corrected chi connectivity index (χ0v) is 36.6. The Hall–Kier alpha value is -9.19. The molecule has 11 aromatic carbocycles. The fourth-order valence-electron chi connectivity index (χ4n) is 10.7. The zero-order valence-electron chi connectivity index (χ0n) is 36.6. The maximum Gasteiger partial charge on any atom is 0.165 e. The molecule has 0 aliphatic rings. The van der Waals surface area contributed by atoms with Crippen molar-refractivity contribution in [1.82, 2.24) is 19.5 Å². The quantitative estimate of drug-likeness (QED) is 0.167. The van der Waals surface area contributed by atoms with Crippen molar-refractivity contribution in [3.8, 4) is 62.1 Å². The topological polar surface area (TPSA) is 56.7 Å². The molecule has 0 bridgehead atoms.